The summed E-state index contributed by atoms with van der Waals surface area (Å²) in [5, 5.41) is 6.77. The van der Waals surface area contributed by atoms with Gasteiger partial charge in [0.1, 0.15) is 5.69 Å². The monoisotopic (exact) mass is 378 g/mol. The number of pyridine rings is 1. The number of hydrogen-bond acceptors (Lipinski definition) is 6. The first-order valence-electron chi connectivity index (χ1n) is 9.33. The molecule has 8 heteroatoms. The van der Waals surface area contributed by atoms with E-state index in [1.54, 1.807) is 24.8 Å². The van der Waals surface area contributed by atoms with Gasteiger partial charge in [0.25, 0.3) is 5.91 Å². The average Bonchev–Trinajstić information content (AvgIpc) is 3.16. The number of likely N-dealkylation sites (tertiary alicyclic amines) is 1. The first kappa shape index (κ1) is 18.1. The molecule has 0 radical (unpaired) electrons. The molecule has 4 rings (SSSR count). The molecule has 3 aromatic rings. The van der Waals surface area contributed by atoms with E-state index in [9.17, 15) is 4.79 Å². The molecule has 0 saturated carbocycles. The minimum Gasteiger partial charge on any atom is -0.435 e. The highest BCUT2D eigenvalue weighted by Crippen LogP contribution is 2.34. The van der Waals surface area contributed by atoms with Crippen molar-refractivity contribution in [2.45, 2.75) is 32.6 Å². The molecule has 1 aliphatic rings. The van der Waals surface area contributed by atoms with Gasteiger partial charge in [-0.25, -0.2) is 4.98 Å². The van der Waals surface area contributed by atoms with E-state index < -0.39 is 0 Å². The van der Waals surface area contributed by atoms with E-state index in [-0.39, 0.29) is 11.8 Å². The van der Waals surface area contributed by atoms with E-state index >= 15 is 0 Å². The number of hydrogen-bond donors (Lipinski definition) is 1. The maximum atomic E-state index is 12.7. The molecule has 0 atom stereocenters. The SMILES string of the molecule is Cc1ncccc1Oc1nccnc1C1CCN(C(=O)c2cn[nH]c2C)CC1. The van der Waals surface area contributed by atoms with Crippen molar-refractivity contribution < 1.29 is 9.53 Å². The van der Waals surface area contributed by atoms with Crippen LogP contribution in [0.15, 0.2) is 36.9 Å². The summed E-state index contributed by atoms with van der Waals surface area (Å²) in [6.07, 6.45) is 8.26. The zero-order chi connectivity index (χ0) is 19.5. The van der Waals surface area contributed by atoms with Crippen molar-refractivity contribution in [3.05, 3.63) is 59.6 Å². The summed E-state index contributed by atoms with van der Waals surface area (Å²) < 4.78 is 6.01. The molecule has 8 nitrogen and oxygen atoms in total. The van der Waals surface area contributed by atoms with Crippen LogP contribution in [0.1, 0.15) is 46.2 Å². The molecule has 1 saturated heterocycles. The van der Waals surface area contributed by atoms with Crippen LogP contribution in [0.5, 0.6) is 11.6 Å². The van der Waals surface area contributed by atoms with Crippen LogP contribution in [0.25, 0.3) is 0 Å². The van der Waals surface area contributed by atoms with Crippen molar-refractivity contribution in [2.75, 3.05) is 13.1 Å². The van der Waals surface area contributed by atoms with Gasteiger partial charge in [-0.05, 0) is 38.8 Å². The van der Waals surface area contributed by atoms with Gasteiger partial charge in [0.2, 0.25) is 5.88 Å². The summed E-state index contributed by atoms with van der Waals surface area (Å²) in [6.45, 7) is 5.08. The number of nitrogens with zero attached hydrogens (tertiary/aromatic N) is 5. The fourth-order valence-corrected chi connectivity index (χ4v) is 3.47. The lowest BCUT2D eigenvalue weighted by Gasteiger charge is -2.32. The van der Waals surface area contributed by atoms with Gasteiger partial charge >= 0.3 is 0 Å². The van der Waals surface area contributed by atoms with Crippen LogP contribution in [0.4, 0.5) is 0 Å². The lowest BCUT2D eigenvalue weighted by atomic mass is 9.93. The van der Waals surface area contributed by atoms with Gasteiger partial charge in [-0.2, -0.15) is 5.10 Å². The fraction of sp³-hybridized carbons (Fsp3) is 0.350. The summed E-state index contributed by atoms with van der Waals surface area (Å²) in [4.78, 5) is 27.7. The number of aromatic amines is 1. The van der Waals surface area contributed by atoms with Gasteiger partial charge in [0.05, 0.1) is 17.5 Å². The minimum atomic E-state index is 0.0197. The van der Waals surface area contributed by atoms with Crippen molar-refractivity contribution in [3.8, 4) is 11.6 Å². The van der Waals surface area contributed by atoms with Gasteiger partial charge in [-0.1, -0.05) is 0 Å². The molecular formula is C20H22N6O2. The average molecular weight is 378 g/mol. The Hall–Kier alpha value is -3.29. The molecule has 0 unspecified atom stereocenters. The number of piperidine rings is 1. The second kappa shape index (κ2) is 7.75. The molecule has 1 aliphatic heterocycles. The second-order valence-electron chi connectivity index (χ2n) is 6.91. The van der Waals surface area contributed by atoms with Crippen LogP contribution >= 0.6 is 0 Å². The second-order valence-corrected chi connectivity index (χ2v) is 6.91. The number of carbonyl (C=O) groups is 1. The molecule has 1 amide bonds. The zero-order valence-electron chi connectivity index (χ0n) is 15.9. The minimum absolute atomic E-state index is 0.0197. The lowest BCUT2D eigenvalue weighted by molar-refractivity contribution is 0.0711. The number of aryl methyl sites for hydroxylation is 2. The van der Waals surface area contributed by atoms with Crippen LogP contribution in [0, 0.1) is 13.8 Å². The van der Waals surface area contributed by atoms with E-state index in [0.29, 0.717) is 30.3 Å². The standard InChI is InChI=1S/C20H22N6O2/c1-13-16(12-24-25-13)20(27)26-10-5-15(6-11-26)18-19(23-9-8-22-18)28-17-4-3-7-21-14(17)2/h3-4,7-9,12,15H,5-6,10-11H2,1-2H3,(H,24,25). The molecule has 144 valence electrons. The number of H-pyrrole nitrogens is 1. The molecule has 4 heterocycles. The van der Waals surface area contributed by atoms with E-state index in [4.69, 9.17) is 4.74 Å². The Labute approximate surface area is 163 Å². The number of ether oxygens (including phenoxy) is 1. The first-order chi connectivity index (χ1) is 13.6. The number of carbonyl (C=O) groups excluding carboxylic acids is 1. The van der Waals surface area contributed by atoms with E-state index in [0.717, 1.165) is 29.9 Å². The highest BCUT2D eigenvalue weighted by molar-refractivity contribution is 5.95. The summed E-state index contributed by atoms with van der Waals surface area (Å²) in [5.41, 5.74) is 3.06. The summed E-state index contributed by atoms with van der Waals surface area (Å²) in [7, 11) is 0. The van der Waals surface area contributed by atoms with Crippen LogP contribution in [0.2, 0.25) is 0 Å². The van der Waals surface area contributed by atoms with Gasteiger partial charge in [-0.15, -0.1) is 0 Å². The fourth-order valence-electron chi connectivity index (χ4n) is 3.47. The third-order valence-electron chi connectivity index (χ3n) is 5.09. The predicted octanol–water partition coefficient (Wildman–Crippen LogP) is 3.02. The Balaban J connectivity index is 1.47. The van der Waals surface area contributed by atoms with Crippen molar-refractivity contribution in [3.63, 3.8) is 0 Å². The molecule has 0 spiro atoms. The van der Waals surface area contributed by atoms with Crippen molar-refractivity contribution >= 4 is 5.91 Å². The van der Waals surface area contributed by atoms with Crippen molar-refractivity contribution in [1.82, 2.24) is 30.0 Å². The quantitative estimate of drug-likeness (QED) is 0.749. The molecule has 0 bridgehead atoms. The molecule has 1 N–H and O–H groups in total. The van der Waals surface area contributed by atoms with Crippen molar-refractivity contribution in [2.24, 2.45) is 0 Å². The summed E-state index contributed by atoms with van der Waals surface area (Å²) >= 11 is 0. The van der Waals surface area contributed by atoms with Crippen molar-refractivity contribution in [1.29, 1.82) is 0 Å². The van der Waals surface area contributed by atoms with E-state index in [1.807, 2.05) is 30.9 Å². The summed E-state index contributed by atoms with van der Waals surface area (Å²) in [5.74, 6) is 1.39. The molecule has 28 heavy (non-hydrogen) atoms. The maximum Gasteiger partial charge on any atom is 0.257 e. The Morgan fingerprint density at radius 3 is 2.64 bits per heavy atom. The van der Waals surface area contributed by atoms with Crippen LogP contribution in [-0.2, 0) is 0 Å². The predicted molar refractivity (Wildman–Crippen MR) is 102 cm³/mol. The highest BCUT2D eigenvalue weighted by atomic mass is 16.5. The van der Waals surface area contributed by atoms with Gasteiger partial charge in [0, 0.05) is 43.3 Å². The molecule has 0 aromatic carbocycles. The third kappa shape index (κ3) is 3.58. The zero-order valence-corrected chi connectivity index (χ0v) is 15.9. The smallest absolute Gasteiger partial charge is 0.257 e. The van der Waals surface area contributed by atoms with E-state index in [2.05, 4.69) is 25.1 Å². The Morgan fingerprint density at radius 2 is 1.93 bits per heavy atom. The van der Waals surface area contributed by atoms with Gasteiger partial charge in [0.15, 0.2) is 5.75 Å². The maximum absolute atomic E-state index is 12.7. The number of aromatic nitrogens is 5. The Kier molecular flexibility index (Phi) is 5.01. The Bertz CT molecular complexity index is 978. The van der Waals surface area contributed by atoms with Gasteiger partial charge in [-0.3, -0.25) is 19.9 Å². The number of rotatable bonds is 4. The first-order valence-corrected chi connectivity index (χ1v) is 9.33. The van der Waals surface area contributed by atoms with Crippen LogP contribution < -0.4 is 4.74 Å². The normalized spacial score (nSPS) is 14.9. The number of nitrogens with one attached hydrogen (secondary N) is 1. The summed E-state index contributed by atoms with van der Waals surface area (Å²) in [6, 6.07) is 3.70. The highest BCUT2D eigenvalue weighted by Gasteiger charge is 2.29. The topological polar surface area (TPSA) is 96.9 Å². The molecule has 0 aliphatic carbocycles. The van der Waals surface area contributed by atoms with Crippen LogP contribution in [-0.4, -0.2) is 49.0 Å². The molecule has 3 aromatic heterocycles. The molecule has 1 fully saturated rings. The van der Waals surface area contributed by atoms with Gasteiger partial charge < -0.3 is 9.64 Å². The number of amides is 1. The third-order valence-corrected chi connectivity index (χ3v) is 5.09. The van der Waals surface area contributed by atoms with E-state index in [1.165, 1.54) is 0 Å². The Morgan fingerprint density at radius 1 is 1.14 bits per heavy atom. The molecular weight excluding hydrogens is 356 g/mol. The lowest BCUT2D eigenvalue weighted by Crippen LogP contribution is -2.38. The largest absolute Gasteiger partial charge is 0.435 e. The van der Waals surface area contributed by atoms with Crippen LogP contribution in [0.3, 0.4) is 0 Å².